The maximum atomic E-state index is 2.41. The molecule has 0 radical (unpaired) electrons. The highest BCUT2D eigenvalue weighted by Gasteiger charge is 2.21. The average molecular weight is 636 g/mol. The summed E-state index contributed by atoms with van der Waals surface area (Å²) in [6, 6.07) is 69.1. The van der Waals surface area contributed by atoms with Crippen molar-refractivity contribution in [3.05, 3.63) is 199 Å². The lowest BCUT2D eigenvalue weighted by atomic mass is 9.93. The van der Waals surface area contributed by atoms with E-state index in [0.29, 0.717) is 0 Å². The highest BCUT2D eigenvalue weighted by atomic mass is 15.1. The van der Waals surface area contributed by atoms with E-state index in [4.69, 9.17) is 0 Å². The van der Waals surface area contributed by atoms with Crippen molar-refractivity contribution in [2.45, 2.75) is 6.42 Å². The molecule has 0 amide bonds. The Kier molecular flexibility index (Phi) is 6.63. The summed E-state index contributed by atoms with van der Waals surface area (Å²) in [7, 11) is 0. The van der Waals surface area contributed by atoms with Crippen LogP contribution in [-0.4, -0.2) is 0 Å². The Balaban J connectivity index is 1.10. The second kappa shape index (κ2) is 11.6. The van der Waals surface area contributed by atoms with Gasteiger partial charge in [-0.05, 0) is 132 Å². The summed E-state index contributed by atoms with van der Waals surface area (Å²) < 4.78 is 0. The Morgan fingerprint density at radius 3 is 1.82 bits per heavy atom. The zero-order valence-electron chi connectivity index (χ0n) is 27.6. The van der Waals surface area contributed by atoms with Crippen molar-refractivity contribution in [1.82, 2.24) is 0 Å². The van der Waals surface area contributed by atoms with Gasteiger partial charge >= 0.3 is 0 Å². The van der Waals surface area contributed by atoms with E-state index in [-0.39, 0.29) is 0 Å². The topological polar surface area (TPSA) is 3.24 Å². The van der Waals surface area contributed by atoms with E-state index in [1.165, 1.54) is 76.8 Å². The molecule has 1 nitrogen and oxygen atoms in total. The fourth-order valence-electron chi connectivity index (χ4n) is 7.99. The van der Waals surface area contributed by atoms with Crippen molar-refractivity contribution in [2.75, 3.05) is 4.90 Å². The highest BCUT2D eigenvalue weighted by molar-refractivity contribution is 6.13. The van der Waals surface area contributed by atoms with Crippen LogP contribution in [0.3, 0.4) is 0 Å². The van der Waals surface area contributed by atoms with Crippen LogP contribution in [0.2, 0.25) is 0 Å². The first-order chi connectivity index (χ1) is 24.8. The van der Waals surface area contributed by atoms with Gasteiger partial charge < -0.3 is 4.90 Å². The molecule has 0 fully saturated rings. The zero-order valence-corrected chi connectivity index (χ0v) is 27.6. The number of hydrogen-bond acceptors (Lipinski definition) is 1. The van der Waals surface area contributed by atoms with Gasteiger partial charge in [-0.2, -0.15) is 0 Å². The lowest BCUT2D eigenvalue weighted by molar-refractivity contribution is 1.23. The molecule has 0 atom stereocenters. The Morgan fingerprint density at radius 1 is 0.300 bits per heavy atom. The van der Waals surface area contributed by atoms with Crippen molar-refractivity contribution < 1.29 is 0 Å². The van der Waals surface area contributed by atoms with Crippen molar-refractivity contribution in [3.63, 3.8) is 0 Å². The van der Waals surface area contributed by atoms with Gasteiger partial charge in [-0.15, -0.1) is 0 Å². The van der Waals surface area contributed by atoms with Gasteiger partial charge in [-0.25, -0.2) is 0 Å². The molecular weight excluding hydrogens is 603 g/mol. The van der Waals surface area contributed by atoms with Gasteiger partial charge in [0.05, 0.1) is 0 Å². The molecular formula is C49H33N. The van der Waals surface area contributed by atoms with Gasteiger partial charge in [0.25, 0.3) is 0 Å². The number of nitrogens with zero attached hydrogens (tertiary/aromatic N) is 1. The summed E-state index contributed by atoms with van der Waals surface area (Å²) in [6.45, 7) is 0. The minimum atomic E-state index is 0.957. The first kappa shape index (κ1) is 28.6. The summed E-state index contributed by atoms with van der Waals surface area (Å²) in [4.78, 5) is 2.41. The van der Waals surface area contributed by atoms with Crippen LogP contribution in [0.5, 0.6) is 0 Å². The van der Waals surface area contributed by atoms with E-state index in [1.807, 2.05) is 0 Å². The summed E-state index contributed by atoms with van der Waals surface area (Å²) in [5.74, 6) is 0. The van der Waals surface area contributed by atoms with Crippen LogP contribution in [0.1, 0.15) is 11.1 Å². The van der Waals surface area contributed by atoms with Crippen LogP contribution < -0.4 is 4.90 Å². The molecule has 0 bridgehead atoms. The van der Waals surface area contributed by atoms with E-state index in [2.05, 4.69) is 193 Å². The standard InChI is InChI=1S/C49H33N/c1-2-11-35-28-37(21-20-33(35)10-1)36-14-9-15-42(30-36)50(43-26-27-46-40(31-43)29-38-12-3-5-16-44(38)46)41-24-22-34(23-25-41)49-32-39-13-4-6-17-45(39)47-18-7-8-19-48(47)49/h1-28,30-32H,29H2. The third-order valence-corrected chi connectivity index (χ3v) is 10.4. The number of rotatable bonds is 5. The molecule has 0 N–H and O–H groups in total. The average Bonchev–Trinajstić information content (AvgIpc) is 3.56. The van der Waals surface area contributed by atoms with E-state index in [1.54, 1.807) is 0 Å². The van der Waals surface area contributed by atoms with E-state index >= 15 is 0 Å². The lowest BCUT2D eigenvalue weighted by Gasteiger charge is -2.27. The maximum absolute atomic E-state index is 2.41. The summed E-state index contributed by atoms with van der Waals surface area (Å²) in [5, 5.41) is 7.62. The molecule has 0 spiro atoms. The quantitative estimate of drug-likeness (QED) is 0.170. The molecule has 10 rings (SSSR count). The van der Waals surface area contributed by atoms with Crippen LogP contribution in [0.25, 0.3) is 65.7 Å². The van der Waals surface area contributed by atoms with E-state index < -0.39 is 0 Å². The second-order valence-corrected chi connectivity index (χ2v) is 13.4. The minimum Gasteiger partial charge on any atom is -0.310 e. The Morgan fingerprint density at radius 2 is 0.940 bits per heavy atom. The molecule has 1 aliphatic rings. The molecule has 9 aromatic rings. The first-order valence-electron chi connectivity index (χ1n) is 17.4. The summed E-state index contributed by atoms with van der Waals surface area (Å²) in [5.41, 5.74) is 13.8. The SMILES string of the molecule is c1cc(-c2ccc3ccccc3c2)cc(N(c2ccc(-c3cc4ccccc4c4ccccc34)cc2)c2ccc3c(c2)Cc2ccccc2-3)c1. The van der Waals surface area contributed by atoms with Crippen LogP contribution in [-0.2, 0) is 6.42 Å². The normalized spacial score (nSPS) is 11.9. The van der Waals surface area contributed by atoms with Crippen LogP contribution in [0, 0.1) is 0 Å². The number of hydrogen-bond donors (Lipinski definition) is 0. The highest BCUT2D eigenvalue weighted by Crippen LogP contribution is 2.43. The van der Waals surface area contributed by atoms with E-state index in [0.717, 1.165) is 23.5 Å². The van der Waals surface area contributed by atoms with Gasteiger partial charge in [-0.1, -0.05) is 140 Å². The lowest BCUT2D eigenvalue weighted by Crippen LogP contribution is -2.10. The zero-order chi connectivity index (χ0) is 33.0. The molecule has 0 aromatic heterocycles. The summed E-state index contributed by atoms with van der Waals surface area (Å²) >= 11 is 0. The monoisotopic (exact) mass is 635 g/mol. The molecule has 0 unspecified atom stereocenters. The van der Waals surface area contributed by atoms with Crippen molar-refractivity contribution in [2.24, 2.45) is 0 Å². The molecule has 0 heterocycles. The molecule has 1 aliphatic carbocycles. The number of anilines is 3. The molecule has 50 heavy (non-hydrogen) atoms. The molecule has 234 valence electrons. The predicted molar refractivity (Wildman–Crippen MR) is 213 cm³/mol. The Bertz CT molecular complexity index is 2740. The molecule has 0 saturated heterocycles. The summed E-state index contributed by atoms with van der Waals surface area (Å²) in [6.07, 6.45) is 0.957. The van der Waals surface area contributed by atoms with Crippen molar-refractivity contribution in [1.29, 1.82) is 0 Å². The van der Waals surface area contributed by atoms with E-state index in [9.17, 15) is 0 Å². The molecule has 0 aliphatic heterocycles. The Hall–Kier alpha value is -6.44. The van der Waals surface area contributed by atoms with Gasteiger partial charge in [0, 0.05) is 17.1 Å². The van der Waals surface area contributed by atoms with Crippen molar-refractivity contribution in [3.8, 4) is 33.4 Å². The van der Waals surface area contributed by atoms with Gasteiger partial charge in [0.1, 0.15) is 0 Å². The largest absolute Gasteiger partial charge is 0.310 e. The van der Waals surface area contributed by atoms with Crippen molar-refractivity contribution >= 4 is 49.4 Å². The van der Waals surface area contributed by atoms with Gasteiger partial charge in [0.2, 0.25) is 0 Å². The Labute approximate surface area is 292 Å². The minimum absolute atomic E-state index is 0.957. The van der Waals surface area contributed by atoms with Gasteiger partial charge in [0.15, 0.2) is 0 Å². The van der Waals surface area contributed by atoms with Crippen LogP contribution in [0.4, 0.5) is 17.1 Å². The fraction of sp³-hybridized carbons (Fsp3) is 0.0204. The number of fused-ring (bicyclic) bond motifs is 7. The third-order valence-electron chi connectivity index (χ3n) is 10.4. The fourth-order valence-corrected chi connectivity index (χ4v) is 7.99. The predicted octanol–water partition coefficient (Wildman–Crippen LogP) is 13.5. The molecule has 1 heteroatoms. The maximum Gasteiger partial charge on any atom is 0.0467 e. The second-order valence-electron chi connectivity index (χ2n) is 13.4. The smallest absolute Gasteiger partial charge is 0.0467 e. The molecule has 9 aromatic carbocycles. The third kappa shape index (κ3) is 4.78. The molecule has 0 saturated carbocycles. The van der Waals surface area contributed by atoms with Crippen LogP contribution in [0.15, 0.2) is 188 Å². The number of benzene rings is 9. The first-order valence-corrected chi connectivity index (χ1v) is 17.4. The van der Waals surface area contributed by atoms with Crippen LogP contribution >= 0.6 is 0 Å². The van der Waals surface area contributed by atoms with Gasteiger partial charge in [-0.3, -0.25) is 0 Å².